The van der Waals surface area contributed by atoms with Crippen LogP contribution in [-0.4, -0.2) is 24.3 Å². The lowest BCUT2D eigenvalue weighted by Gasteiger charge is -2.12. The van der Waals surface area contributed by atoms with E-state index in [-0.39, 0.29) is 6.10 Å². The molecule has 1 saturated heterocycles. The monoisotopic (exact) mass is 329 g/mol. The van der Waals surface area contributed by atoms with Crippen LogP contribution in [0.5, 0.6) is 5.88 Å². The van der Waals surface area contributed by atoms with Crippen LogP contribution in [-0.2, 0) is 11.3 Å². The molecule has 2 heterocycles. The standard InChI is InChI=1S/C17H16ClN3O2/c18-16-8-14(2-1-13(16)9-19)21-10-12-3-5-20-17(7-12)23-15-4-6-22-11-15/h1-3,5,7-8,15,21H,4,6,10-11H2. The summed E-state index contributed by atoms with van der Waals surface area (Å²) in [5.41, 5.74) is 2.38. The van der Waals surface area contributed by atoms with Crippen LogP contribution >= 0.6 is 11.6 Å². The quantitative estimate of drug-likeness (QED) is 0.910. The van der Waals surface area contributed by atoms with Crippen molar-refractivity contribution in [3.05, 3.63) is 52.7 Å². The van der Waals surface area contributed by atoms with Crippen molar-refractivity contribution in [2.24, 2.45) is 0 Å². The summed E-state index contributed by atoms with van der Waals surface area (Å²) in [6.07, 6.45) is 2.71. The van der Waals surface area contributed by atoms with Crippen molar-refractivity contribution in [1.82, 2.24) is 4.98 Å². The Morgan fingerprint density at radius 2 is 2.30 bits per heavy atom. The second-order valence-corrected chi connectivity index (χ2v) is 5.67. The van der Waals surface area contributed by atoms with Crippen LogP contribution in [0.3, 0.4) is 0 Å². The van der Waals surface area contributed by atoms with Gasteiger partial charge >= 0.3 is 0 Å². The molecule has 1 unspecified atom stereocenters. The molecule has 5 nitrogen and oxygen atoms in total. The van der Waals surface area contributed by atoms with Gasteiger partial charge in [0.05, 0.1) is 23.8 Å². The number of ether oxygens (including phenoxy) is 2. The lowest BCUT2D eigenvalue weighted by Crippen LogP contribution is -2.16. The molecule has 0 aliphatic carbocycles. The fourth-order valence-electron chi connectivity index (χ4n) is 2.32. The van der Waals surface area contributed by atoms with Gasteiger partial charge in [0.25, 0.3) is 0 Å². The van der Waals surface area contributed by atoms with Crippen LogP contribution in [0.25, 0.3) is 0 Å². The molecule has 3 rings (SSSR count). The first-order valence-electron chi connectivity index (χ1n) is 7.37. The molecule has 118 valence electrons. The third-order valence-electron chi connectivity index (χ3n) is 3.56. The van der Waals surface area contributed by atoms with Crippen molar-refractivity contribution >= 4 is 17.3 Å². The zero-order chi connectivity index (χ0) is 16.1. The average Bonchev–Trinajstić information content (AvgIpc) is 3.06. The van der Waals surface area contributed by atoms with E-state index in [1.54, 1.807) is 18.3 Å². The Morgan fingerprint density at radius 3 is 3.04 bits per heavy atom. The van der Waals surface area contributed by atoms with E-state index in [2.05, 4.69) is 10.3 Å². The smallest absolute Gasteiger partial charge is 0.213 e. The van der Waals surface area contributed by atoms with Crippen LogP contribution in [0.2, 0.25) is 5.02 Å². The molecule has 0 spiro atoms. The first-order chi connectivity index (χ1) is 11.2. The topological polar surface area (TPSA) is 67.2 Å². The summed E-state index contributed by atoms with van der Waals surface area (Å²) < 4.78 is 11.1. The maximum atomic E-state index is 8.88. The number of hydrogen-bond acceptors (Lipinski definition) is 5. The molecule has 0 saturated carbocycles. The van der Waals surface area contributed by atoms with Crippen molar-refractivity contribution in [2.45, 2.75) is 19.1 Å². The highest BCUT2D eigenvalue weighted by atomic mass is 35.5. The number of hydrogen-bond donors (Lipinski definition) is 1. The number of aromatic nitrogens is 1. The molecule has 6 heteroatoms. The van der Waals surface area contributed by atoms with Crippen molar-refractivity contribution in [2.75, 3.05) is 18.5 Å². The van der Waals surface area contributed by atoms with Gasteiger partial charge in [-0.3, -0.25) is 0 Å². The van der Waals surface area contributed by atoms with Crippen LogP contribution in [0.15, 0.2) is 36.5 Å². The van der Waals surface area contributed by atoms with Crippen molar-refractivity contribution in [3.8, 4) is 11.9 Å². The maximum Gasteiger partial charge on any atom is 0.213 e. The molecule has 23 heavy (non-hydrogen) atoms. The number of nitrogens with one attached hydrogen (secondary N) is 1. The number of pyridine rings is 1. The minimum absolute atomic E-state index is 0.0861. The normalized spacial score (nSPS) is 16.8. The maximum absolute atomic E-state index is 8.88. The lowest BCUT2D eigenvalue weighted by atomic mass is 10.2. The van der Waals surface area contributed by atoms with Gasteiger partial charge in [-0.15, -0.1) is 0 Å². The molecule has 1 aromatic heterocycles. The Balaban J connectivity index is 1.61. The number of halogens is 1. The average molecular weight is 330 g/mol. The van der Waals surface area contributed by atoms with Crippen LogP contribution < -0.4 is 10.1 Å². The second kappa shape index (κ2) is 7.32. The Bertz CT molecular complexity index is 724. The Labute approximate surface area is 139 Å². The fourth-order valence-corrected chi connectivity index (χ4v) is 2.54. The predicted molar refractivity (Wildman–Crippen MR) is 87.6 cm³/mol. The number of benzene rings is 1. The van der Waals surface area contributed by atoms with Gasteiger partial charge in [0, 0.05) is 30.9 Å². The second-order valence-electron chi connectivity index (χ2n) is 5.27. The zero-order valence-corrected chi connectivity index (χ0v) is 13.2. The summed E-state index contributed by atoms with van der Waals surface area (Å²) in [5.74, 6) is 0.609. The molecule has 1 aliphatic rings. The van der Waals surface area contributed by atoms with Gasteiger partial charge in [0.2, 0.25) is 5.88 Å². The molecule has 0 radical (unpaired) electrons. The van der Waals surface area contributed by atoms with E-state index >= 15 is 0 Å². The van der Waals surface area contributed by atoms with Gasteiger partial charge in [-0.2, -0.15) is 5.26 Å². The molecule has 1 atom stereocenters. The number of nitriles is 1. The Morgan fingerprint density at radius 1 is 1.39 bits per heavy atom. The van der Waals surface area contributed by atoms with Crippen LogP contribution in [0.1, 0.15) is 17.5 Å². The highest BCUT2D eigenvalue weighted by Crippen LogP contribution is 2.21. The SMILES string of the molecule is N#Cc1ccc(NCc2ccnc(OC3CCOC3)c2)cc1Cl. The summed E-state index contributed by atoms with van der Waals surface area (Å²) in [5, 5.41) is 12.6. The fraction of sp³-hybridized carbons (Fsp3) is 0.294. The van der Waals surface area contributed by atoms with Gasteiger partial charge in [-0.25, -0.2) is 4.98 Å². The Kier molecular flexibility index (Phi) is 4.96. The van der Waals surface area contributed by atoms with E-state index in [0.717, 1.165) is 24.3 Å². The lowest BCUT2D eigenvalue weighted by molar-refractivity contribution is 0.138. The first-order valence-corrected chi connectivity index (χ1v) is 7.75. The van der Waals surface area contributed by atoms with Gasteiger partial charge < -0.3 is 14.8 Å². The van der Waals surface area contributed by atoms with E-state index < -0.39 is 0 Å². The van der Waals surface area contributed by atoms with E-state index in [1.165, 1.54) is 0 Å². The van der Waals surface area contributed by atoms with Crippen LogP contribution in [0, 0.1) is 11.3 Å². The molecular weight excluding hydrogens is 314 g/mol. The predicted octanol–water partition coefficient (Wildman–Crippen LogP) is 3.39. The largest absolute Gasteiger partial charge is 0.472 e. The minimum Gasteiger partial charge on any atom is -0.472 e. The molecule has 1 aliphatic heterocycles. The number of anilines is 1. The molecule has 1 aromatic carbocycles. The molecule has 0 bridgehead atoms. The number of rotatable bonds is 5. The summed E-state index contributed by atoms with van der Waals surface area (Å²) in [6, 6.07) is 11.2. The van der Waals surface area contributed by atoms with Crippen molar-refractivity contribution in [1.29, 1.82) is 5.26 Å². The molecule has 1 fully saturated rings. The number of nitrogens with zero attached hydrogens (tertiary/aromatic N) is 2. The van der Waals surface area contributed by atoms with Crippen molar-refractivity contribution in [3.63, 3.8) is 0 Å². The van der Waals surface area contributed by atoms with Gasteiger partial charge in [0.1, 0.15) is 12.2 Å². The summed E-state index contributed by atoms with van der Waals surface area (Å²) in [4.78, 5) is 4.23. The van der Waals surface area contributed by atoms with Gasteiger partial charge in [-0.05, 0) is 29.8 Å². The van der Waals surface area contributed by atoms with E-state index in [9.17, 15) is 0 Å². The molecule has 2 aromatic rings. The van der Waals surface area contributed by atoms with Gasteiger partial charge in [-0.1, -0.05) is 11.6 Å². The first kappa shape index (κ1) is 15.6. The zero-order valence-electron chi connectivity index (χ0n) is 12.5. The highest BCUT2D eigenvalue weighted by Gasteiger charge is 2.17. The van der Waals surface area contributed by atoms with Gasteiger partial charge in [0.15, 0.2) is 0 Å². The van der Waals surface area contributed by atoms with Crippen molar-refractivity contribution < 1.29 is 9.47 Å². The third-order valence-corrected chi connectivity index (χ3v) is 3.87. The van der Waals surface area contributed by atoms with E-state index in [1.807, 2.05) is 24.3 Å². The minimum atomic E-state index is 0.0861. The summed E-state index contributed by atoms with van der Waals surface area (Å²) in [6.45, 7) is 1.97. The van der Waals surface area contributed by atoms with E-state index in [0.29, 0.717) is 29.6 Å². The van der Waals surface area contributed by atoms with Crippen LogP contribution in [0.4, 0.5) is 5.69 Å². The summed E-state index contributed by atoms with van der Waals surface area (Å²) >= 11 is 6.03. The summed E-state index contributed by atoms with van der Waals surface area (Å²) in [7, 11) is 0. The molecular formula is C17H16ClN3O2. The highest BCUT2D eigenvalue weighted by molar-refractivity contribution is 6.32. The van der Waals surface area contributed by atoms with E-state index in [4.69, 9.17) is 26.3 Å². The third kappa shape index (κ3) is 4.13. The molecule has 1 N–H and O–H groups in total. The molecule has 0 amide bonds. The Hall–Kier alpha value is -2.29.